The number of benzene rings is 2. The molecule has 1 amide bonds. The first-order valence-electron chi connectivity index (χ1n) is 11.3. The molecule has 186 valence electrons. The van der Waals surface area contributed by atoms with E-state index in [1.54, 1.807) is 27.2 Å². The number of pyridine rings is 1. The number of nitrogens with one attached hydrogen (secondary N) is 2. The summed E-state index contributed by atoms with van der Waals surface area (Å²) in [6.07, 6.45) is -0.802. The van der Waals surface area contributed by atoms with Gasteiger partial charge in [0.2, 0.25) is 5.88 Å². The fourth-order valence-corrected chi connectivity index (χ4v) is 3.51. The minimum absolute atomic E-state index is 0.140. The monoisotopic (exact) mass is 496 g/mol. The number of para-hydroxylation sites is 1. The average Bonchev–Trinajstić information content (AvgIpc) is 2.90. The third-order valence-electron chi connectivity index (χ3n) is 5.31. The van der Waals surface area contributed by atoms with Crippen molar-refractivity contribution in [2.45, 2.75) is 25.6 Å². The first kappa shape index (κ1) is 26.2. The Kier molecular flexibility index (Phi) is 9.63. The van der Waals surface area contributed by atoms with Crippen LogP contribution >= 0.6 is 12.6 Å². The number of ether oxygens (including phenoxy) is 3. The van der Waals surface area contributed by atoms with Crippen molar-refractivity contribution in [1.82, 2.24) is 10.3 Å². The molecule has 4 N–H and O–H groups in total. The Bertz CT molecular complexity index is 1110. The predicted octanol–water partition coefficient (Wildman–Crippen LogP) is 3.52. The van der Waals surface area contributed by atoms with Gasteiger partial charge in [-0.25, -0.2) is 4.98 Å². The first-order valence-corrected chi connectivity index (χ1v) is 11.9. The lowest BCUT2D eigenvalue weighted by Gasteiger charge is -2.19. The molecule has 0 fully saturated rings. The van der Waals surface area contributed by atoms with Gasteiger partial charge in [-0.2, -0.15) is 12.6 Å². The van der Waals surface area contributed by atoms with Crippen molar-refractivity contribution < 1.29 is 19.0 Å². The van der Waals surface area contributed by atoms with Crippen LogP contribution in [0.2, 0.25) is 0 Å². The molecular formula is C26H32N4O4S. The summed E-state index contributed by atoms with van der Waals surface area (Å²) in [5, 5.41) is 6.14. The van der Waals surface area contributed by atoms with E-state index in [0.29, 0.717) is 35.4 Å². The van der Waals surface area contributed by atoms with Crippen molar-refractivity contribution in [3.8, 4) is 28.6 Å². The molecule has 0 radical (unpaired) electrons. The number of aromatic nitrogens is 1. The van der Waals surface area contributed by atoms with E-state index in [4.69, 9.17) is 19.9 Å². The van der Waals surface area contributed by atoms with Gasteiger partial charge in [-0.1, -0.05) is 42.5 Å². The summed E-state index contributed by atoms with van der Waals surface area (Å²) >= 11 is 4.23. The van der Waals surface area contributed by atoms with Gasteiger partial charge in [0.05, 0.1) is 25.6 Å². The van der Waals surface area contributed by atoms with Crippen LogP contribution in [0.4, 0.5) is 5.69 Å². The molecule has 0 saturated heterocycles. The number of rotatable bonds is 12. The molecule has 0 spiro atoms. The highest BCUT2D eigenvalue weighted by Crippen LogP contribution is 2.31. The molecule has 1 aromatic heterocycles. The number of thiol groups is 1. The van der Waals surface area contributed by atoms with Crippen molar-refractivity contribution >= 4 is 24.2 Å². The number of nitrogens with zero attached hydrogens (tertiary/aromatic N) is 1. The highest BCUT2D eigenvalue weighted by atomic mass is 32.1. The quantitative estimate of drug-likeness (QED) is 0.284. The Hall–Kier alpha value is -3.43. The molecule has 0 bridgehead atoms. The minimum atomic E-state index is -0.802. The van der Waals surface area contributed by atoms with E-state index >= 15 is 0 Å². The number of carbonyl (C=O) groups excluding carboxylic acids is 1. The van der Waals surface area contributed by atoms with Crippen LogP contribution in [0, 0.1) is 0 Å². The summed E-state index contributed by atoms with van der Waals surface area (Å²) < 4.78 is 16.8. The number of hydrogen-bond donors (Lipinski definition) is 4. The van der Waals surface area contributed by atoms with E-state index in [0.717, 1.165) is 16.8 Å². The number of nitrogens with two attached hydrogens (primary N) is 1. The van der Waals surface area contributed by atoms with Gasteiger partial charge in [0.1, 0.15) is 0 Å². The maximum atomic E-state index is 12.9. The molecule has 0 aliphatic carbocycles. The third-order valence-corrected chi connectivity index (χ3v) is 5.78. The lowest BCUT2D eigenvalue weighted by molar-refractivity contribution is -0.127. The third kappa shape index (κ3) is 7.03. The van der Waals surface area contributed by atoms with Crippen LogP contribution < -0.4 is 30.6 Å². The van der Waals surface area contributed by atoms with Gasteiger partial charge in [-0.3, -0.25) is 4.79 Å². The van der Waals surface area contributed by atoms with Gasteiger partial charge in [-0.15, -0.1) is 0 Å². The highest BCUT2D eigenvalue weighted by molar-refractivity contribution is 7.80. The van der Waals surface area contributed by atoms with Crippen molar-refractivity contribution in [3.63, 3.8) is 0 Å². The molecule has 0 aliphatic heterocycles. The van der Waals surface area contributed by atoms with Crippen molar-refractivity contribution in [3.05, 3.63) is 66.2 Å². The molecule has 2 atom stereocenters. The Balaban J connectivity index is 1.75. The molecule has 1 heterocycles. The SMILES string of the molecule is COc1cccc(CNC(=O)C(C)Oc2nc(-c3ccccc3)ccc2NCC(N)CS)c1OC. The molecule has 2 aromatic carbocycles. The summed E-state index contributed by atoms with van der Waals surface area (Å²) in [6.45, 7) is 2.42. The van der Waals surface area contributed by atoms with Gasteiger partial charge in [-0.05, 0) is 25.1 Å². The van der Waals surface area contributed by atoms with Gasteiger partial charge in [0, 0.05) is 36.0 Å². The van der Waals surface area contributed by atoms with Gasteiger partial charge in [0.25, 0.3) is 5.91 Å². The fourth-order valence-electron chi connectivity index (χ4n) is 3.38. The normalized spacial score (nSPS) is 12.4. The number of methoxy groups -OCH3 is 2. The van der Waals surface area contributed by atoms with Crippen molar-refractivity contribution in [1.29, 1.82) is 0 Å². The van der Waals surface area contributed by atoms with Crippen LogP contribution in [0.1, 0.15) is 12.5 Å². The summed E-state index contributed by atoms with van der Waals surface area (Å²) in [5.41, 5.74) is 9.11. The van der Waals surface area contributed by atoms with Crippen molar-refractivity contribution in [2.75, 3.05) is 31.8 Å². The maximum Gasteiger partial charge on any atom is 0.261 e. The Morgan fingerprint density at radius 2 is 1.83 bits per heavy atom. The van der Waals surface area contributed by atoms with Crippen LogP contribution in [0.5, 0.6) is 17.4 Å². The second-order valence-corrected chi connectivity index (χ2v) is 8.23. The Morgan fingerprint density at radius 3 is 2.51 bits per heavy atom. The molecule has 0 saturated carbocycles. The Labute approximate surface area is 211 Å². The lowest BCUT2D eigenvalue weighted by atomic mass is 10.1. The summed E-state index contributed by atoms with van der Waals surface area (Å²) in [4.78, 5) is 17.5. The second kappa shape index (κ2) is 12.9. The van der Waals surface area contributed by atoms with Gasteiger partial charge in [0.15, 0.2) is 17.6 Å². The minimum Gasteiger partial charge on any atom is -0.493 e. The molecule has 0 aliphatic rings. The molecule has 9 heteroatoms. The topological polar surface area (TPSA) is 108 Å². The van der Waals surface area contributed by atoms with E-state index < -0.39 is 6.10 Å². The fraction of sp³-hybridized carbons (Fsp3) is 0.308. The van der Waals surface area contributed by atoms with Crippen molar-refractivity contribution in [2.24, 2.45) is 5.73 Å². The summed E-state index contributed by atoms with van der Waals surface area (Å²) in [5.74, 6) is 1.73. The lowest BCUT2D eigenvalue weighted by Crippen LogP contribution is -2.36. The summed E-state index contributed by atoms with van der Waals surface area (Å²) in [7, 11) is 3.13. The number of amides is 1. The molecular weight excluding hydrogens is 464 g/mol. The van der Waals surface area contributed by atoms with Crippen LogP contribution in [0.15, 0.2) is 60.7 Å². The zero-order chi connectivity index (χ0) is 25.2. The second-order valence-electron chi connectivity index (χ2n) is 7.87. The Morgan fingerprint density at radius 1 is 1.06 bits per heavy atom. The molecule has 3 aromatic rings. The zero-order valence-electron chi connectivity index (χ0n) is 20.2. The average molecular weight is 497 g/mol. The number of carbonyl (C=O) groups is 1. The molecule has 2 unspecified atom stereocenters. The molecule has 3 rings (SSSR count). The van der Waals surface area contributed by atoms with Crippen LogP contribution in [-0.4, -0.2) is 49.6 Å². The van der Waals surface area contributed by atoms with E-state index in [2.05, 4.69) is 28.2 Å². The molecule has 8 nitrogen and oxygen atoms in total. The van der Waals surface area contributed by atoms with Crippen LogP contribution in [0.3, 0.4) is 0 Å². The van der Waals surface area contributed by atoms with Crippen LogP contribution in [0.25, 0.3) is 11.3 Å². The largest absolute Gasteiger partial charge is 0.493 e. The van der Waals surface area contributed by atoms with Gasteiger partial charge < -0.3 is 30.6 Å². The first-order chi connectivity index (χ1) is 17.0. The smallest absolute Gasteiger partial charge is 0.261 e. The zero-order valence-corrected chi connectivity index (χ0v) is 21.0. The van der Waals surface area contributed by atoms with Gasteiger partial charge >= 0.3 is 0 Å². The van der Waals surface area contributed by atoms with Crippen LogP contribution in [-0.2, 0) is 11.3 Å². The highest BCUT2D eigenvalue weighted by Gasteiger charge is 2.19. The number of hydrogen-bond acceptors (Lipinski definition) is 8. The number of anilines is 1. The van der Waals surface area contributed by atoms with E-state index in [-0.39, 0.29) is 18.5 Å². The van der Waals surface area contributed by atoms with E-state index in [1.165, 1.54) is 0 Å². The summed E-state index contributed by atoms with van der Waals surface area (Å²) in [6, 6.07) is 18.9. The molecule has 35 heavy (non-hydrogen) atoms. The van der Waals surface area contributed by atoms with E-state index in [1.807, 2.05) is 54.6 Å². The standard InChI is InChI=1S/C26H32N4O4S/c1-17(25(31)29-14-19-10-7-11-23(32-2)24(19)33-3)34-26-22(28-15-20(27)16-35)13-12-21(30-26)18-8-5-4-6-9-18/h4-13,17,20,28,35H,14-16,27H2,1-3H3,(H,29,31). The predicted molar refractivity (Wildman–Crippen MR) is 141 cm³/mol. The maximum absolute atomic E-state index is 12.9. The van der Waals surface area contributed by atoms with E-state index in [9.17, 15) is 4.79 Å².